The van der Waals surface area contributed by atoms with Crippen LogP contribution in [0.5, 0.6) is 5.88 Å². The van der Waals surface area contributed by atoms with E-state index in [4.69, 9.17) is 10.5 Å². The van der Waals surface area contributed by atoms with Crippen LogP contribution < -0.4 is 20.7 Å². The van der Waals surface area contributed by atoms with Gasteiger partial charge in [0.2, 0.25) is 17.9 Å². The van der Waals surface area contributed by atoms with Gasteiger partial charge in [0.05, 0.1) is 0 Å². The first-order valence-electron chi connectivity index (χ1n) is 14.4. The van der Waals surface area contributed by atoms with Crippen LogP contribution >= 0.6 is 0 Å². The second kappa shape index (κ2) is 11.8. The molecule has 2 fully saturated rings. The smallest absolute Gasteiger partial charge is 0.429 e. The van der Waals surface area contributed by atoms with Crippen LogP contribution in [0.2, 0.25) is 0 Å². The number of aliphatic carboxylic acids is 1. The number of carboxylic acids is 1. The number of carbonyl (C=O) groups is 1. The van der Waals surface area contributed by atoms with Gasteiger partial charge in [0, 0.05) is 31.3 Å². The average molecular weight is 604 g/mol. The molecular weight excluding hydrogens is 571 g/mol. The summed E-state index contributed by atoms with van der Waals surface area (Å²) in [5.41, 5.74) is 8.45. The number of piperidine rings is 1. The fraction of sp³-hybridized carbons (Fsp3) is 0.303. The Hall–Kier alpha value is -4.64. The van der Waals surface area contributed by atoms with Crippen molar-refractivity contribution in [3.63, 3.8) is 0 Å². The summed E-state index contributed by atoms with van der Waals surface area (Å²) in [5, 5.41) is 12.5. The molecular formula is C33H32F3N5O3. The van der Waals surface area contributed by atoms with E-state index in [1.807, 2.05) is 41.3 Å². The first-order valence-corrected chi connectivity index (χ1v) is 14.4. The molecule has 0 aliphatic carbocycles. The fourth-order valence-electron chi connectivity index (χ4n) is 6.23. The zero-order valence-corrected chi connectivity index (χ0v) is 23.8. The molecule has 3 heterocycles. The molecule has 44 heavy (non-hydrogen) atoms. The highest BCUT2D eigenvalue weighted by molar-refractivity contribution is 5.76. The second-order valence-corrected chi connectivity index (χ2v) is 11.5. The van der Waals surface area contributed by atoms with E-state index in [1.165, 1.54) is 12.1 Å². The van der Waals surface area contributed by atoms with Crippen molar-refractivity contribution >= 4 is 17.7 Å². The first-order chi connectivity index (χ1) is 21.1. The number of carboxylic acid groups (broad SMARTS) is 1. The molecule has 1 aromatic heterocycles. The summed E-state index contributed by atoms with van der Waals surface area (Å²) in [6, 6.07) is 24.0. The SMILES string of the molecule is Nc1nc(OC(c2ccc(-c3ccccc3)cc2-c2ccccc2)C(F)(F)F)cc(N2CCC3(CC2)CNC(C(=O)O)C3)n1. The summed E-state index contributed by atoms with van der Waals surface area (Å²) in [6.07, 6.45) is -5.14. The van der Waals surface area contributed by atoms with Crippen molar-refractivity contribution < 1.29 is 27.8 Å². The molecule has 6 rings (SSSR count). The molecule has 4 N–H and O–H groups in total. The van der Waals surface area contributed by atoms with Crippen molar-refractivity contribution in [3.8, 4) is 28.1 Å². The summed E-state index contributed by atoms with van der Waals surface area (Å²) < 4.78 is 50.0. The fourth-order valence-corrected chi connectivity index (χ4v) is 6.23. The number of ether oxygens (including phenoxy) is 1. The van der Waals surface area contributed by atoms with E-state index in [-0.39, 0.29) is 22.8 Å². The Bertz CT molecular complexity index is 1630. The van der Waals surface area contributed by atoms with Crippen LogP contribution in [0.4, 0.5) is 24.9 Å². The maximum absolute atomic E-state index is 14.8. The van der Waals surface area contributed by atoms with Crippen LogP contribution in [-0.4, -0.2) is 52.9 Å². The number of hydrogen-bond acceptors (Lipinski definition) is 7. The number of anilines is 2. The van der Waals surface area contributed by atoms with Crippen molar-refractivity contribution in [2.24, 2.45) is 5.41 Å². The third-order valence-electron chi connectivity index (χ3n) is 8.58. The Balaban J connectivity index is 1.30. The van der Waals surface area contributed by atoms with Crippen molar-refractivity contribution in [1.29, 1.82) is 0 Å². The Morgan fingerprint density at radius 1 is 0.955 bits per heavy atom. The van der Waals surface area contributed by atoms with Crippen LogP contribution in [0.1, 0.15) is 30.9 Å². The van der Waals surface area contributed by atoms with E-state index in [1.54, 1.807) is 36.4 Å². The summed E-state index contributed by atoms with van der Waals surface area (Å²) in [4.78, 5) is 21.7. The number of rotatable bonds is 7. The number of nitrogens with two attached hydrogens (primary N) is 1. The lowest BCUT2D eigenvalue weighted by Gasteiger charge is -2.39. The average Bonchev–Trinajstić information content (AvgIpc) is 3.44. The number of alkyl halides is 3. The quantitative estimate of drug-likeness (QED) is 0.232. The number of nitrogens with zero attached hydrogens (tertiary/aromatic N) is 3. The predicted octanol–water partition coefficient (Wildman–Crippen LogP) is 6.11. The summed E-state index contributed by atoms with van der Waals surface area (Å²) >= 11 is 0. The third kappa shape index (κ3) is 6.19. The van der Waals surface area contributed by atoms with E-state index in [2.05, 4.69) is 15.3 Å². The van der Waals surface area contributed by atoms with Gasteiger partial charge in [-0.05, 0) is 53.0 Å². The highest BCUT2D eigenvalue weighted by atomic mass is 19.4. The van der Waals surface area contributed by atoms with Gasteiger partial charge < -0.3 is 25.8 Å². The maximum atomic E-state index is 14.8. The monoisotopic (exact) mass is 603 g/mol. The lowest BCUT2D eigenvalue weighted by Crippen LogP contribution is -2.41. The molecule has 2 saturated heterocycles. The number of hydrogen-bond donors (Lipinski definition) is 3. The molecule has 8 nitrogen and oxygen atoms in total. The Kier molecular flexibility index (Phi) is 7.89. The van der Waals surface area contributed by atoms with Crippen LogP contribution in [-0.2, 0) is 4.79 Å². The molecule has 4 aromatic rings. The topological polar surface area (TPSA) is 114 Å². The van der Waals surface area contributed by atoms with Gasteiger partial charge in [-0.2, -0.15) is 23.1 Å². The van der Waals surface area contributed by atoms with E-state index in [9.17, 15) is 23.1 Å². The van der Waals surface area contributed by atoms with Gasteiger partial charge in [0.25, 0.3) is 0 Å². The van der Waals surface area contributed by atoms with Gasteiger partial charge in [-0.25, -0.2) is 0 Å². The number of nitrogens with one attached hydrogen (secondary N) is 1. The third-order valence-corrected chi connectivity index (χ3v) is 8.58. The molecule has 0 radical (unpaired) electrons. The zero-order chi connectivity index (χ0) is 30.9. The van der Waals surface area contributed by atoms with Gasteiger partial charge >= 0.3 is 12.1 Å². The lowest BCUT2D eigenvalue weighted by molar-refractivity contribution is -0.198. The molecule has 1 spiro atoms. The molecule has 2 atom stereocenters. The molecule has 2 unspecified atom stereocenters. The zero-order valence-electron chi connectivity index (χ0n) is 23.8. The van der Waals surface area contributed by atoms with Crippen LogP contribution in [0.3, 0.4) is 0 Å². The van der Waals surface area contributed by atoms with Gasteiger partial charge in [0.15, 0.2) is 0 Å². The predicted molar refractivity (Wildman–Crippen MR) is 161 cm³/mol. The number of aromatic nitrogens is 2. The van der Waals surface area contributed by atoms with E-state index in [0.717, 1.165) is 11.1 Å². The molecule has 3 aromatic carbocycles. The standard InChI is InChI=1S/C33H32F3N5O3/c34-33(35,36)29(24-12-11-23(21-7-3-1-4-8-21)17-25(24)22-9-5-2-6-10-22)44-28-18-27(39-31(37)40-28)41-15-13-32(14-16-41)19-26(30(42)43)38-20-32/h1-12,17-18,26,29,38H,13-16,19-20H2,(H,42,43)(H2,37,39,40). The van der Waals surface area contributed by atoms with Gasteiger partial charge in [0.1, 0.15) is 11.9 Å². The molecule has 11 heteroatoms. The number of benzene rings is 3. The van der Waals surface area contributed by atoms with Crippen molar-refractivity contribution in [2.75, 3.05) is 30.3 Å². The van der Waals surface area contributed by atoms with Crippen molar-refractivity contribution in [2.45, 2.75) is 37.6 Å². The van der Waals surface area contributed by atoms with Crippen LogP contribution in [0, 0.1) is 5.41 Å². The van der Waals surface area contributed by atoms with Crippen molar-refractivity contribution in [3.05, 3.63) is 90.5 Å². The lowest BCUT2D eigenvalue weighted by atomic mass is 9.76. The van der Waals surface area contributed by atoms with Gasteiger partial charge in [-0.1, -0.05) is 72.8 Å². The Morgan fingerprint density at radius 3 is 2.23 bits per heavy atom. The van der Waals surface area contributed by atoms with E-state index >= 15 is 0 Å². The van der Waals surface area contributed by atoms with Gasteiger partial charge in [-0.15, -0.1) is 0 Å². The minimum absolute atomic E-state index is 0.0521. The maximum Gasteiger partial charge on any atom is 0.429 e. The second-order valence-electron chi connectivity index (χ2n) is 11.5. The summed E-state index contributed by atoms with van der Waals surface area (Å²) in [7, 11) is 0. The molecule has 2 aliphatic heterocycles. The van der Waals surface area contributed by atoms with E-state index in [0.29, 0.717) is 55.8 Å². The Labute approximate surface area is 252 Å². The van der Waals surface area contributed by atoms with Gasteiger partial charge in [-0.3, -0.25) is 4.79 Å². The van der Waals surface area contributed by atoms with Crippen LogP contribution in [0.15, 0.2) is 84.9 Å². The normalized spacial score (nSPS) is 18.7. The molecule has 0 bridgehead atoms. The largest absolute Gasteiger partial charge is 0.480 e. The number of nitrogen functional groups attached to an aromatic ring is 1. The van der Waals surface area contributed by atoms with E-state index < -0.39 is 24.3 Å². The highest BCUT2D eigenvalue weighted by Gasteiger charge is 2.46. The highest BCUT2D eigenvalue weighted by Crippen LogP contribution is 2.44. The first kappa shape index (κ1) is 29.4. The minimum atomic E-state index is -4.77. The summed E-state index contributed by atoms with van der Waals surface area (Å²) in [6.45, 7) is 1.70. The Morgan fingerprint density at radius 2 is 1.61 bits per heavy atom. The molecule has 2 aliphatic rings. The molecule has 228 valence electrons. The molecule has 0 saturated carbocycles. The summed E-state index contributed by atoms with van der Waals surface area (Å²) in [5.74, 6) is -0.977. The minimum Gasteiger partial charge on any atom is -0.480 e. The van der Waals surface area contributed by atoms with Crippen LogP contribution in [0.25, 0.3) is 22.3 Å². The number of halogens is 3. The van der Waals surface area contributed by atoms with Crippen molar-refractivity contribution in [1.82, 2.24) is 15.3 Å². The molecule has 0 amide bonds.